The Balaban J connectivity index is 2.09. The van der Waals surface area contributed by atoms with Gasteiger partial charge in [0.1, 0.15) is 0 Å². The Bertz CT molecular complexity index is 1380. The van der Waals surface area contributed by atoms with Crippen molar-refractivity contribution in [2.24, 2.45) is 11.3 Å². The fourth-order valence-electron chi connectivity index (χ4n) is 6.50. The average molecular weight is 716 g/mol. The fourth-order valence-corrected chi connectivity index (χ4v) is 21.5. The van der Waals surface area contributed by atoms with Crippen LogP contribution in [0.25, 0.3) is 0 Å². The van der Waals surface area contributed by atoms with Crippen LogP contribution in [0.15, 0.2) is 112 Å². The van der Waals surface area contributed by atoms with Gasteiger partial charge in [-0.05, 0) is 0 Å². The maximum absolute atomic E-state index is 13.9. The molecule has 4 nitrogen and oxygen atoms in total. The summed E-state index contributed by atoms with van der Waals surface area (Å²) >= 11 is -3.94. The number of ether oxygens (including phenoxy) is 2. The third-order valence-electron chi connectivity index (χ3n) is 10.0. The minimum atomic E-state index is -3.94. The summed E-state index contributed by atoms with van der Waals surface area (Å²) in [4.78, 5) is 27.7. The maximum atomic E-state index is 13.9. The first kappa shape index (κ1) is 34.0. The summed E-state index contributed by atoms with van der Waals surface area (Å²) in [6.07, 6.45) is 0.594. The number of hydrogen-bond donors (Lipinski definition) is 0. The Morgan fingerprint density at radius 1 is 0.818 bits per heavy atom. The summed E-state index contributed by atoms with van der Waals surface area (Å²) in [5.41, 5.74) is -0.288. The van der Waals surface area contributed by atoms with Crippen molar-refractivity contribution < 1.29 is 19.1 Å². The summed E-state index contributed by atoms with van der Waals surface area (Å²) < 4.78 is 17.8. The minimum absolute atomic E-state index is 0.0347. The molecule has 0 aliphatic heterocycles. The molecule has 3 aromatic rings. The Hall–Kier alpha value is -2.90. The van der Waals surface area contributed by atoms with Crippen LogP contribution in [-0.4, -0.2) is 51.6 Å². The number of allylic oxidation sites excluding steroid dienone is 2. The molecule has 1 unspecified atom stereocenters. The molecule has 1 aliphatic carbocycles. The van der Waals surface area contributed by atoms with E-state index in [0.717, 1.165) is 5.57 Å². The van der Waals surface area contributed by atoms with Crippen molar-refractivity contribution in [2.75, 3.05) is 13.2 Å². The van der Waals surface area contributed by atoms with Crippen LogP contribution >= 0.6 is 0 Å². The molecule has 1 fully saturated rings. The summed E-state index contributed by atoms with van der Waals surface area (Å²) in [5.74, 6) is -1.12. The van der Waals surface area contributed by atoms with Crippen LogP contribution in [0.2, 0.25) is 18.1 Å². The van der Waals surface area contributed by atoms with Crippen LogP contribution < -0.4 is 10.7 Å². The molecule has 0 saturated heterocycles. The van der Waals surface area contributed by atoms with Crippen molar-refractivity contribution in [3.8, 4) is 0 Å². The monoisotopic (exact) mass is 716 g/mol. The molecule has 6 heteroatoms. The summed E-state index contributed by atoms with van der Waals surface area (Å²) in [7, 11) is -2.11. The number of esters is 2. The van der Waals surface area contributed by atoms with E-state index in [2.05, 4.69) is 129 Å². The van der Waals surface area contributed by atoms with Gasteiger partial charge in [0.05, 0.1) is 0 Å². The Morgan fingerprint density at radius 3 is 1.55 bits per heavy atom. The van der Waals surface area contributed by atoms with Gasteiger partial charge in [0.15, 0.2) is 0 Å². The van der Waals surface area contributed by atoms with E-state index >= 15 is 0 Å². The van der Waals surface area contributed by atoms with Crippen molar-refractivity contribution in [3.05, 3.63) is 112 Å². The SMILES string of the molecule is C=C(C1CC(C(=O)OCC)(C(=O)OCC)C/C1=[CH]/[Sn]([c]1ccccc1)([c]1ccccc1)[c]1ccccc1)[Si](C)(C)C(C)(C)C. The molecule has 0 amide bonds. The standard InChI is InChI=1S/C20H33O4Si.3C6H5.Sn/c1-10-23-17(21)20(18(22)24-11-2)12-14(3)16(13-20)15(4)25(8,9)19(5,6)7;3*1-2-4-6-5-3-1;/h3,16H,4,10-13H2,1-2,5-9H3;3*1-5H;. The predicted octanol–water partition coefficient (Wildman–Crippen LogP) is 6.75. The van der Waals surface area contributed by atoms with Crippen LogP contribution in [0.1, 0.15) is 47.5 Å². The normalized spacial score (nSPS) is 17.7. The molecule has 1 saturated carbocycles. The molecule has 1 aliphatic rings. The van der Waals surface area contributed by atoms with E-state index in [-0.39, 0.29) is 30.6 Å². The van der Waals surface area contributed by atoms with E-state index < -0.39 is 43.8 Å². The van der Waals surface area contributed by atoms with Crippen LogP contribution in [0, 0.1) is 11.3 Å². The molecule has 3 aromatic carbocycles. The molecule has 232 valence electrons. The molecule has 0 spiro atoms. The number of hydrogen-bond acceptors (Lipinski definition) is 4. The van der Waals surface area contributed by atoms with Crippen LogP contribution in [0.4, 0.5) is 0 Å². The van der Waals surface area contributed by atoms with Gasteiger partial charge in [-0.1, -0.05) is 0 Å². The van der Waals surface area contributed by atoms with Crippen molar-refractivity contribution in [1.29, 1.82) is 0 Å². The van der Waals surface area contributed by atoms with E-state index in [9.17, 15) is 9.59 Å². The molecule has 44 heavy (non-hydrogen) atoms. The zero-order valence-corrected chi connectivity index (χ0v) is 31.3. The second kappa shape index (κ2) is 13.6. The van der Waals surface area contributed by atoms with E-state index in [1.165, 1.54) is 15.9 Å². The van der Waals surface area contributed by atoms with Gasteiger partial charge >= 0.3 is 271 Å². The van der Waals surface area contributed by atoms with Gasteiger partial charge in [-0.3, -0.25) is 0 Å². The van der Waals surface area contributed by atoms with E-state index in [4.69, 9.17) is 16.1 Å². The molecular weight excluding hydrogens is 667 g/mol. The van der Waals surface area contributed by atoms with Crippen molar-refractivity contribution in [1.82, 2.24) is 0 Å². The molecule has 0 aromatic heterocycles. The van der Waals surface area contributed by atoms with Gasteiger partial charge in [-0.25, -0.2) is 0 Å². The molecular formula is C38H48O4SiSn. The summed E-state index contributed by atoms with van der Waals surface area (Å²) in [6, 6.07) is 32.4. The Labute approximate surface area is 269 Å². The van der Waals surface area contributed by atoms with Crippen LogP contribution in [-0.2, 0) is 19.1 Å². The van der Waals surface area contributed by atoms with Crippen LogP contribution in [0.5, 0.6) is 0 Å². The first-order valence-corrected chi connectivity index (χ1v) is 24.7. The van der Waals surface area contributed by atoms with E-state index in [1.54, 1.807) is 13.8 Å². The molecule has 1 atom stereocenters. The van der Waals surface area contributed by atoms with E-state index in [1.807, 2.05) is 0 Å². The zero-order valence-electron chi connectivity index (χ0n) is 27.5. The van der Waals surface area contributed by atoms with Gasteiger partial charge in [-0.15, -0.1) is 0 Å². The zero-order chi connectivity index (χ0) is 32.2. The second-order valence-electron chi connectivity index (χ2n) is 13.5. The van der Waals surface area contributed by atoms with Gasteiger partial charge in [0.2, 0.25) is 0 Å². The number of carbonyl (C=O) groups is 2. The second-order valence-corrected chi connectivity index (χ2v) is 29.3. The molecule has 0 bridgehead atoms. The first-order valence-electron chi connectivity index (χ1n) is 15.8. The van der Waals surface area contributed by atoms with Gasteiger partial charge in [0.25, 0.3) is 0 Å². The molecule has 0 heterocycles. The quantitative estimate of drug-likeness (QED) is 0.133. The molecule has 0 N–H and O–H groups in total. The van der Waals surface area contributed by atoms with Crippen LogP contribution in [0.3, 0.4) is 0 Å². The first-order chi connectivity index (χ1) is 20.8. The number of carbonyl (C=O) groups excluding carboxylic acids is 2. The number of rotatable bonds is 10. The van der Waals surface area contributed by atoms with Crippen molar-refractivity contribution in [2.45, 2.75) is 65.6 Å². The van der Waals surface area contributed by atoms with Gasteiger partial charge in [-0.2, -0.15) is 0 Å². The summed E-state index contributed by atoms with van der Waals surface area (Å²) in [6.45, 7) is 20.4. The van der Waals surface area contributed by atoms with Gasteiger partial charge in [0, 0.05) is 0 Å². The number of benzene rings is 3. The summed E-state index contributed by atoms with van der Waals surface area (Å²) in [5, 5.41) is 1.20. The van der Waals surface area contributed by atoms with Gasteiger partial charge < -0.3 is 0 Å². The van der Waals surface area contributed by atoms with Crippen molar-refractivity contribution >= 4 is 49.1 Å². The predicted molar refractivity (Wildman–Crippen MR) is 187 cm³/mol. The fraction of sp³-hybridized carbons (Fsp3) is 0.368. The molecule has 0 radical (unpaired) electrons. The third-order valence-corrected chi connectivity index (χ3v) is 28.7. The molecule has 4 rings (SSSR count). The van der Waals surface area contributed by atoms with Crippen molar-refractivity contribution in [3.63, 3.8) is 0 Å². The topological polar surface area (TPSA) is 52.6 Å². The van der Waals surface area contributed by atoms with E-state index in [0.29, 0.717) is 6.42 Å². The average Bonchev–Trinajstić information content (AvgIpc) is 3.41. The Morgan fingerprint density at radius 2 is 1.20 bits per heavy atom. The third kappa shape index (κ3) is 6.27. The Kier molecular flexibility index (Phi) is 10.5.